The third-order valence-electron chi connectivity index (χ3n) is 4.17. The highest BCUT2D eigenvalue weighted by Crippen LogP contribution is 2.47. The van der Waals surface area contributed by atoms with Gasteiger partial charge in [0.15, 0.2) is 5.65 Å². The Morgan fingerprint density at radius 2 is 1.91 bits per heavy atom. The molecule has 0 atom stereocenters. The van der Waals surface area contributed by atoms with Gasteiger partial charge in [-0.1, -0.05) is 0 Å². The van der Waals surface area contributed by atoms with E-state index in [4.69, 9.17) is 0 Å². The first kappa shape index (κ1) is 15.4. The minimum atomic E-state index is -4.58. The molecule has 22 heavy (non-hydrogen) atoms. The molecule has 0 bridgehead atoms. The fourth-order valence-electron chi connectivity index (χ4n) is 2.31. The maximum Gasteiger partial charge on any atom is 0.453 e. The first-order chi connectivity index (χ1) is 10.3. The van der Waals surface area contributed by atoms with Gasteiger partial charge in [0, 0.05) is 16.9 Å². The lowest BCUT2D eigenvalue weighted by Gasteiger charge is -2.16. The standard InChI is InChI=1S/C13H16F3N5S/c1-7-8(2)10-18-19-11(13(14,15)16)21(10)20-9(7)17-6-12(22-3)4-5-12/h4-6H2,1-3H3,(H,17,20). The SMILES string of the molecule is CSC1(CNc2nn3c(C(F)(F)F)nnc3c(C)c2C)CC1. The molecule has 5 nitrogen and oxygen atoms in total. The first-order valence-electron chi connectivity index (χ1n) is 6.86. The van der Waals surface area contributed by atoms with Crippen LogP contribution in [0.2, 0.25) is 0 Å². The number of hydrogen-bond acceptors (Lipinski definition) is 5. The molecular weight excluding hydrogens is 315 g/mol. The van der Waals surface area contributed by atoms with Crippen molar-refractivity contribution in [3.8, 4) is 0 Å². The molecule has 1 aliphatic rings. The molecule has 1 fully saturated rings. The van der Waals surface area contributed by atoms with Crippen LogP contribution in [0.1, 0.15) is 29.8 Å². The van der Waals surface area contributed by atoms with Gasteiger partial charge in [0.05, 0.1) is 0 Å². The van der Waals surface area contributed by atoms with E-state index < -0.39 is 12.0 Å². The molecule has 0 radical (unpaired) electrons. The van der Waals surface area contributed by atoms with Crippen molar-refractivity contribution in [2.24, 2.45) is 0 Å². The van der Waals surface area contributed by atoms with E-state index in [-0.39, 0.29) is 10.4 Å². The lowest BCUT2D eigenvalue weighted by molar-refractivity contribution is -0.146. The number of fused-ring (bicyclic) bond motifs is 1. The fourth-order valence-corrected chi connectivity index (χ4v) is 3.04. The Morgan fingerprint density at radius 1 is 1.23 bits per heavy atom. The maximum absolute atomic E-state index is 13.0. The van der Waals surface area contributed by atoms with Crippen LogP contribution in [0.25, 0.3) is 5.65 Å². The van der Waals surface area contributed by atoms with Gasteiger partial charge in [-0.3, -0.25) is 0 Å². The van der Waals surface area contributed by atoms with Crippen molar-refractivity contribution in [1.82, 2.24) is 19.8 Å². The van der Waals surface area contributed by atoms with Gasteiger partial charge >= 0.3 is 6.18 Å². The summed E-state index contributed by atoms with van der Waals surface area (Å²) in [4.78, 5) is 0. The molecule has 0 unspecified atom stereocenters. The number of aromatic nitrogens is 4. The first-order valence-corrected chi connectivity index (χ1v) is 8.09. The molecule has 0 aliphatic heterocycles. The van der Waals surface area contributed by atoms with Gasteiger partial charge in [-0.2, -0.15) is 29.4 Å². The molecule has 0 spiro atoms. The summed E-state index contributed by atoms with van der Waals surface area (Å²) in [5, 5.41) is 14.1. The number of thioether (sulfide) groups is 1. The molecule has 120 valence electrons. The Bertz CT molecular complexity index is 721. The minimum Gasteiger partial charge on any atom is -0.367 e. The summed E-state index contributed by atoms with van der Waals surface area (Å²) >= 11 is 1.78. The Kier molecular flexibility index (Phi) is 3.50. The predicted molar refractivity (Wildman–Crippen MR) is 79.2 cm³/mol. The van der Waals surface area contributed by atoms with E-state index in [9.17, 15) is 13.2 Å². The van der Waals surface area contributed by atoms with Crippen molar-refractivity contribution in [2.45, 2.75) is 37.6 Å². The topological polar surface area (TPSA) is 55.1 Å². The molecule has 2 heterocycles. The van der Waals surface area contributed by atoms with Gasteiger partial charge in [-0.05, 0) is 38.5 Å². The lowest BCUT2D eigenvalue weighted by atomic mass is 10.2. The average Bonchev–Trinajstić information content (AvgIpc) is 3.10. The van der Waals surface area contributed by atoms with Gasteiger partial charge in [-0.25, -0.2) is 0 Å². The van der Waals surface area contributed by atoms with Crippen LogP contribution in [0.5, 0.6) is 0 Å². The van der Waals surface area contributed by atoms with E-state index >= 15 is 0 Å². The third kappa shape index (κ3) is 2.51. The summed E-state index contributed by atoms with van der Waals surface area (Å²) in [5.41, 5.74) is 1.58. The molecule has 0 amide bonds. The highest BCUT2D eigenvalue weighted by Gasteiger charge is 2.42. The van der Waals surface area contributed by atoms with Gasteiger partial charge in [0.2, 0.25) is 0 Å². The van der Waals surface area contributed by atoms with Crippen LogP contribution in [0, 0.1) is 13.8 Å². The third-order valence-corrected chi connectivity index (χ3v) is 5.58. The molecular formula is C13H16F3N5S. The van der Waals surface area contributed by atoms with Crippen molar-refractivity contribution < 1.29 is 13.2 Å². The number of hydrogen-bond donors (Lipinski definition) is 1. The fraction of sp³-hybridized carbons (Fsp3) is 0.615. The van der Waals surface area contributed by atoms with Crippen molar-refractivity contribution in [2.75, 3.05) is 18.1 Å². The molecule has 1 saturated carbocycles. The highest BCUT2D eigenvalue weighted by molar-refractivity contribution is 8.00. The smallest absolute Gasteiger partial charge is 0.367 e. The second kappa shape index (κ2) is 5.00. The molecule has 3 rings (SSSR count). The summed E-state index contributed by atoms with van der Waals surface area (Å²) in [6, 6.07) is 0. The monoisotopic (exact) mass is 331 g/mol. The molecule has 9 heteroatoms. The van der Waals surface area contributed by atoms with Crippen LogP contribution in [-0.2, 0) is 6.18 Å². The summed E-state index contributed by atoms with van der Waals surface area (Å²) in [5.74, 6) is -0.643. The molecule has 0 saturated heterocycles. The van der Waals surface area contributed by atoms with Gasteiger partial charge in [0.1, 0.15) is 5.82 Å². The van der Waals surface area contributed by atoms with Crippen LogP contribution < -0.4 is 5.32 Å². The Morgan fingerprint density at radius 3 is 2.45 bits per heavy atom. The predicted octanol–water partition coefficient (Wildman–Crippen LogP) is 3.07. The largest absolute Gasteiger partial charge is 0.453 e. The number of aryl methyl sites for hydroxylation is 1. The van der Waals surface area contributed by atoms with E-state index in [1.807, 2.05) is 13.2 Å². The average molecular weight is 331 g/mol. The zero-order valence-electron chi connectivity index (χ0n) is 12.5. The highest BCUT2D eigenvalue weighted by atomic mass is 32.2. The second-order valence-electron chi connectivity index (χ2n) is 5.60. The normalized spacial score (nSPS) is 17.0. The summed E-state index contributed by atoms with van der Waals surface area (Å²) in [6.07, 6.45) is -0.308. The quantitative estimate of drug-likeness (QED) is 0.933. The van der Waals surface area contributed by atoms with Crippen LogP contribution in [0.15, 0.2) is 0 Å². The summed E-state index contributed by atoms with van der Waals surface area (Å²) in [6.45, 7) is 4.25. The summed E-state index contributed by atoms with van der Waals surface area (Å²) < 4.78 is 39.9. The number of halogens is 3. The Labute approximate surface area is 129 Å². The molecule has 0 aromatic carbocycles. The van der Waals surface area contributed by atoms with E-state index in [0.29, 0.717) is 17.9 Å². The van der Waals surface area contributed by atoms with E-state index in [1.54, 1.807) is 18.7 Å². The van der Waals surface area contributed by atoms with Crippen LogP contribution in [0.4, 0.5) is 19.0 Å². The second-order valence-corrected chi connectivity index (χ2v) is 6.87. The number of rotatable bonds is 4. The van der Waals surface area contributed by atoms with Crippen molar-refractivity contribution >= 4 is 23.2 Å². The zero-order valence-corrected chi connectivity index (χ0v) is 13.3. The van der Waals surface area contributed by atoms with Crippen molar-refractivity contribution in [3.05, 3.63) is 17.0 Å². The van der Waals surface area contributed by atoms with E-state index in [1.165, 1.54) is 0 Å². The van der Waals surface area contributed by atoms with Gasteiger partial charge in [-0.15, -0.1) is 15.3 Å². The summed E-state index contributed by atoms with van der Waals surface area (Å²) in [7, 11) is 0. The van der Waals surface area contributed by atoms with Crippen molar-refractivity contribution in [3.63, 3.8) is 0 Å². The Hall–Kier alpha value is -1.51. The van der Waals surface area contributed by atoms with E-state index in [0.717, 1.165) is 22.9 Å². The number of nitrogens with zero attached hydrogens (tertiary/aromatic N) is 4. The van der Waals surface area contributed by atoms with Gasteiger partial charge in [0.25, 0.3) is 5.82 Å². The molecule has 1 N–H and O–H groups in total. The minimum absolute atomic E-state index is 0.140. The molecule has 1 aliphatic carbocycles. The zero-order chi connectivity index (χ0) is 16.1. The van der Waals surface area contributed by atoms with Crippen LogP contribution >= 0.6 is 11.8 Å². The van der Waals surface area contributed by atoms with E-state index in [2.05, 4.69) is 20.6 Å². The van der Waals surface area contributed by atoms with Crippen LogP contribution in [0.3, 0.4) is 0 Å². The number of alkyl halides is 3. The van der Waals surface area contributed by atoms with Gasteiger partial charge < -0.3 is 5.32 Å². The molecule has 2 aromatic rings. The Balaban J connectivity index is 2.01. The number of anilines is 1. The number of nitrogens with one attached hydrogen (secondary N) is 1. The molecule has 2 aromatic heterocycles. The lowest BCUT2D eigenvalue weighted by Crippen LogP contribution is -2.20. The maximum atomic E-state index is 13.0. The van der Waals surface area contributed by atoms with Crippen molar-refractivity contribution in [1.29, 1.82) is 0 Å². The van der Waals surface area contributed by atoms with Crippen LogP contribution in [-0.4, -0.2) is 37.4 Å².